The van der Waals surface area contributed by atoms with Gasteiger partial charge in [0.15, 0.2) is 0 Å². The molecule has 1 aromatic rings. The average Bonchev–Trinajstić information content (AvgIpc) is 2.97. The van der Waals surface area contributed by atoms with Crippen molar-refractivity contribution in [3.63, 3.8) is 0 Å². The van der Waals surface area contributed by atoms with Gasteiger partial charge in [0, 0.05) is 30.7 Å². The summed E-state index contributed by atoms with van der Waals surface area (Å²) in [4.78, 5) is 9.01. The van der Waals surface area contributed by atoms with E-state index < -0.39 is 0 Å². The molecular weight excluding hydrogens is 306 g/mol. The maximum Gasteiger partial charge on any atom is 0.138 e. The summed E-state index contributed by atoms with van der Waals surface area (Å²) in [6, 6.07) is 4.14. The number of nitrogens with zero attached hydrogens (tertiary/aromatic N) is 3. The van der Waals surface area contributed by atoms with Gasteiger partial charge in [-0.3, -0.25) is 9.88 Å². The smallest absolute Gasteiger partial charge is 0.138 e. The van der Waals surface area contributed by atoms with Crippen molar-refractivity contribution in [1.29, 1.82) is 0 Å². The highest BCUT2D eigenvalue weighted by molar-refractivity contribution is 8.22. The zero-order valence-electron chi connectivity index (χ0n) is 11.4. The van der Waals surface area contributed by atoms with Crippen LogP contribution in [0.5, 0.6) is 0 Å². The van der Waals surface area contributed by atoms with Gasteiger partial charge in [-0.25, -0.2) is 0 Å². The molecule has 3 rings (SSSR count). The van der Waals surface area contributed by atoms with Crippen molar-refractivity contribution < 1.29 is 0 Å². The Morgan fingerprint density at radius 3 is 3.15 bits per heavy atom. The van der Waals surface area contributed by atoms with Crippen LogP contribution in [-0.4, -0.2) is 49.2 Å². The SMILES string of the molecule is S=C1SCN(Cc2cccnc2)CN1CC1CCCS1. The third kappa shape index (κ3) is 3.87. The minimum atomic E-state index is 0.770. The molecule has 0 aliphatic carbocycles. The second kappa shape index (κ2) is 7.11. The molecule has 2 aliphatic rings. The molecule has 108 valence electrons. The number of aromatic nitrogens is 1. The van der Waals surface area contributed by atoms with E-state index in [1.165, 1.54) is 24.2 Å². The van der Waals surface area contributed by atoms with Gasteiger partial charge < -0.3 is 4.90 Å². The molecule has 1 aromatic heterocycles. The maximum absolute atomic E-state index is 5.52. The first-order valence-corrected chi connectivity index (χ1v) is 9.40. The molecule has 20 heavy (non-hydrogen) atoms. The summed E-state index contributed by atoms with van der Waals surface area (Å²) in [7, 11) is 0. The summed E-state index contributed by atoms with van der Waals surface area (Å²) < 4.78 is 1.07. The van der Waals surface area contributed by atoms with Crippen LogP contribution >= 0.6 is 35.7 Å². The van der Waals surface area contributed by atoms with Crippen molar-refractivity contribution in [2.75, 3.05) is 24.8 Å². The Kier molecular flexibility index (Phi) is 5.20. The van der Waals surface area contributed by atoms with Crippen molar-refractivity contribution in [3.8, 4) is 0 Å². The maximum atomic E-state index is 5.52. The Morgan fingerprint density at radius 1 is 1.45 bits per heavy atom. The van der Waals surface area contributed by atoms with Gasteiger partial charge in [-0.05, 0) is 30.2 Å². The average molecular weight is 326 g/mol. The second-order valence-electron chi connectivity index (χ2n) is 5.23. The molecule has 2 fully saturated rings. The Hall–Kier alpha value is -0.300. The van der Waals surface area contributed by atoms with E-state index in [-0.39, 0.29) is 0 Å². The molecular formula is C14H19N3S3. The highest BCUT2D eigenvalue weighted by Crippen LogP contribution is 2.29. The van der Waals surface area contributed by atoms with Crippen LogP contribution in [0.25, 0.3) is 0 Å². The number of rotatable bonds is 4. The zero-order valence-corrected chi connectivity index (χ0v) is 13.9. The molecule has 3 heterocycles. The van der Waals surface area contributed by atoms with Gasteiger partial charge in [0.25, 0.3) is 0 Å². The van der Waals surface area contributed by atoms with Crippen molar-refractivity contribution in [2.24, 2.45) is 0 Å². The van der Waals surface area contributed by atoms with E-state index in [2.05, 4.69) is 32.6 Å². The van der Waals surface area contributed by atoms with Gasteiger partial charge in [-0.1, -0.05) is 30.0 Å². The minimum absolute atomic E-state index is 0.770. The van der Waals surface area contributed by atoms with Crippen molar-refractivity contribution in [1.82, 2.24) is 14.8 Å². The van der Waals surface area contributed by atoms with E-state index >= 15 is 0 Å². The molecule has 0 saturated carbocycles. The van der Waals surface area contributed by atoms with Crippen LogP contribution < -0.4 is 0 Å². The van der Waals surface area contributed by atoms with Crippen LogP contribution in [0.1, 0.15) is 18.4 Å². The van der Waals surface area contributed by atoms with Crippen LogP contribution in [0.4, 0.5) is 0 Å². The molecule has 2 aliphatic heterocycles. The molecule has 0 spiro atoms. The third-order valence-corrected chi connectivity index (χ3v) is 6.57. The lowest BCUT2D eigenvalue weighted by atomic mass is 10.2. The number of pyridine rings is 1. The van der Waals surface area contributed by atoms with E-state index in [0.29, 0.717) is 0 Å². The van der Waals surface area contributed by atoms with Crippen LogP contribution in [0.3, 0.4) is 0 Å². The van der Waals surface area contributed by atoms with E-state index in [4.69, 9.17) is 12.2 Å². The number of hydrogen-bond acceptors (Lipinski definition) is 5. The molecule has 3 nitrogen and oxygen atoms in total. The highest BCUT2D eigenvalue weighted by Gasteiger charge is 2.26. The second-order valence-corrected chi connectivity index (χ2v) is 8.22. The number of thioether (sulfide) groups is 2. The van der Waals surface area contributed by atoms with E-state index in [0.717, 1.165) is 35.2 Å². The molecule has 0 radical (unpaired) electrons. The molecule has 6 heteroatoms. The number of hydrogen-bond donors (Lipinski definition) is 0. The predicted octanol–water partition coefficient (Wildman–Crippen LogP) is 3.03. The summed E-state index contributed by atoms with van der Waals surface area (Å²) in [6.07, 6.45) is 6.49. The van der Waals surface area contributed by atoms with Gasteiger partial charge in [0.2, 0.25) is 0 Å². The van der Waals surface area contributed by atoms with Crippen LogP contribution in [-0.2, 0) is 6.54 Å². The lowest BCUT2D eigenvalue weighted by molar-refractivity contribution is 0.205. The first-order valence-electron chi connectivity index (χ1n) is 6.96. The van der Waals surface area contributed by atoms with E-state index in [1.807, 2.05) is 18.5 Å². The zero-order chi connectivity index (χ0) is 13.8. The lowest BCUT2D eigenvalue weighted by Gasteiger charge is -2.37. The van der Waals surface area contributed by atoms with Crippen LogP contribution in [0.2, 0.25) is 0 Å². The standard InChI is InChI=1S/C14H19N3S3/c18-14-17(9-13-4-2-6-19-13)10-16(11-20-14)8-12-3-1-5-15-7-12/h1,3,5,7,13H,2,4,6,8-11H2. The first kappa shape index (κ1) is 14.6. The summed E-state index contributed by atoms with van der Waals surface area (Å²) in [5.74, 6) is 2.31. The summed E-state index contributed by atoms with van der Waals surface area (Å²) in [5.41, 5.74) is 1.27. The third-order valence-electron chi connectivity index (χ3n) is 3.58. The lowest BCUT2D eigenvalue weighted by Crippen LogP contribution is -2.46. The van der Waals surface area contributed by atoms with Crippen molar-refractivity contribution in [3.05, 3.63) is 30.1 Å². The van der Waals surface area contributed by atoms with Gasteiger partial charge in [-0.15, -0.1) is 0 Å². The molecule has 1 unspecified atom stereocenters. The van der Waals surface area contributed by atoms with Crippen LogP contribution in [0.15, 0.2) is 24.5 Å². The molecule has 0 bridgehead atoms. The van der Waals surface area contributed by atoms with Gasteiger partial charge in [0.05, 0.1) is 12.5 Å². The van der Waals surface area contributed by atoms with Crippen molar-refractivity contribution in [2.45, 2.75) is 24.6 Å². The Morgan fingerprint density at radius 2 is 2.40 bits per heavy atom. The summed E-state index contributed by atoms with van der Waals surface area (Å²) >= 11 is 9.41. The fourth-order valence-electron chi connectivity index (χ4n) is 2.59. The largest absolute Gasteiger partial charge is 0.343 e. The molecule has 0 aromatic carbocycles. The topological polar surface area (TPSA) is 19.4 Å². The van der Waals surface area contributed by atoms with Gasteiger partial charge >= 0.3 is 0 Å². The van der Waals surface area contributed by atoms with Gasteiger partial charge in [-0.2, -0.15) is 11.8 Å². The quantitative estimate of drug-likeness (QED) is 0.787. The summed E-state index contributed by atoms with van der Waals surface area (Å²) in [6.45, 7) is 3.02. The van der Waals surface area contributed by atoms with E-state index in [1.54, 1.807) is 11.8 Å². The Labute approximate surface area is 134 Å². The normalized spacial score (nSPS) is 24.3. The fourth-order valence-corrected chi connectivity index (χ4v) is 4.95. The van der Waals surface area contributed by atoms with Crippen LogP contribution in [0, 0.1) is 0 Å². The Balaban J connectivity index is 1.56. The number of thiocarbonyl (C=S) groups is 1. The highest BCUT2D eigenvalue weighted by atomic mass is 32.2. The predicted molar refractivity (Wildman–Crippen MR) is 91.9 cm³/mol. The monoisotopic (exact) mass is 325 g/mol. The van der Waals surface area contributed by atoms with Gasteiger partial charge in [0.1, 0.15) is 4.32 Å². The van der Waals surface area contributed by atoms with Crippen molar-refractivity contribution >= 4 is 40.1 Å². The Bertz CT molecular complexity index is 448. The molecule has 1 atom stereocenters. The fraction of sp³-hybridized carbons (Fsp3) is 0.571. The summed E-state index contributed by atoms with van der Waals surface area (Å²) in [5, 5.41) is 0.770. The molecule has 0 amide bonds. The van der Waals surface area contributed by atoms with E-state index in [9.17, 15) is 0 Å². The minimum Gasteiger partial charge on any atom is -0.343 e. The molecule has 2 saturated heterocycles. The first-order chi connectivity index (χ1) is 9.81. The molecule has 0 N–H and O–H groups in total.